The molecule has 0 atom stereocenters. The molecule has 1 aromatic carbocycles. The zero-order valence-electron chi connectivity index (χ0n) is 19.1. The second-order valence-corrected chi connectivity index (χ2v) is 9.47. The predicted molar refractivity (Wildman–Crippen MR) is 131 cm³/mol. The van der Waals surface area contributed by atoms with Gasteiger partial charge in [0.2, 0.25) is 5.88 Å². The summed E-state index contributed by atoms with van der Waals surface area (Å²) in [5.41, 5.74) is 3.11. The first kappa shape index (κ1) is 23.1. The summed E-state index contributed by atoms with van der Waals surface area (Å²) in [7, 11) is 0. The molecule has 3 aromatic heterocycles. The van der Waals surface area contributed by atoms with Gasteiger partial charge in [0.25, 0.3) is 5.56 Å². The van der Waals surface area contributed by atoms with Crippen LogP contribution in [0.2, 0.25) is 5.02 Å². The van der Waals surface area contributed by atoms with E-state index in [9.17, 15) is 4.79 Å². The van der Waals surface area contributed by atoms with Crippen molar-refractivity contribution in [3.05, 3.63) is 79.1 Å². The molecule has 0 aliphatic heterocycles. The topological polar surface area (TPSA) is 82.8 Å². The van der Waals surface area contributed by atoms with E-state index in [0.29, 0.717) is 28.0 Å². The van der Waals surface area contributed by atoms with Crippen LogP contribution in [0.15, 0.2) is 40.6 Å². The Morgan fingerprint density at radius 2 is 1.91 bits per heavy atom. The molecule has 0 radical (unpaired) electrons. The maximum atomic E-state index is 13.3. The Balaban J connectivity index is 1.73. The predicted octanol–water partition coefficient (Wildman–Crippen LogP) is 5.43. The summed E-state index contributed by atoms with van der Waals surface area (Å²) < 4.78 is 7.32. The molecule has 0 N–H and O–H groups in total. The summed E-state index contributed by atoms with van der Waals surface area (Å²) in [6, 6.07) is 7.34. The number of aromatic nitrogens is 5. The summed E-state index contributed by atoms with van der Waals surface area (Å²) in [4.78, 5) is 31.2. The molecule has 0 spiro atoms. The van der Waals surface area contributed by atoms with Crippen LogP contribution in [0.25, 0.3) is 16.9 Å². The average molecular weight is 482 g/mol. The Bertz CT molecular complexity index is 1380. The van der Waals surface area contributed by atoms with Crippen molar-refractivity contribution in [2.24, 2.45) is 0 Å². The van der Waals surface area contributed by atoms with Crippen molar-refractivity contribution in [2.75, 3.05) is 0 Å². The van der Waals surface area contributed by atoms with Crippen LogP contribution in [0.4, 0.5) is 0 Å². The fraction of sp³-hybridized carbons (Fsp3) is 0.292. The lowest BCUT2D eigenvalue weighted by atomic mass is 10.1. The lowest BCUT2D eigenvalue weighted by Gasteiger charge is -2.16. The third kappa shape index (κ3) is 4.82. The second kappa shape index (κ2) is 9.41. The molecule has 4 aromatic rings. The van der Waals surface area contributed by atoms with E-state index >= 15 is 0 Å². The van der Waals surface area contributed by atoms with Gasteiger partial charge in [-0.3, -0.25) is 9.36 Å². The van der Waals surface area contributed by atoms with Gasteiger partial charge in [-0.15, -0.1) is 11.3 Å². The Hall–Kier alpha value is -3.10. The van der Waals surface area contributed by atoms with Gasteiger partial charge in [-0.25, -0.2) is 15.0 Å². The van der Waals surface area contributed by atoms with E-state index in [-0.39, 0.29) is 18.1 Å². The van der Waals surface area contributed by atoms with E-state index in [1.54, 1.807) is 37.4 Å². The van der Waals surface area contributed by atoms with Crippen molar-refractivity contribution in [2.45, 2.75) is 47.1 Å². The maximum Gasteiger partial charge on any atom is 0.264 e. The minimum Gasteiger partial charge on any atom is -0.471 e. The Kier molecular flexibility index (Phi) is 6.58. The van der Waals surface area contributed by atoms with E-state index in [0.717, 1.165) is 27.8 Å². The number of ether oxygens (including phenoxy) is 1. The van der Waals surface area contributed by atoms with Gasteiger partial charge in [0.05, 0.1) is 32.7 Å². The van der Waals surface area contributed by atoms with Gasteiger partial charge < -0.3 is 4.74 Å². The molecule has 0 amide bonds. The molecule has 0 aliphatic rings. The molecule has 0 bridgehead atoms. The molecule has 3 heterocycles. The number of hydrogen-bond acceptors (Lipinski definition) is 7. The number of nitrogens with zero attached hydrogens (tertiary/aromatic N) is 5. The largest absolute Gasteiger partial charge is 0.471 e. The quantitative estimate of drug-likeness (QED) is 0.365. The lowest BCUT2D eigenvalue weighted by Crippen LogP contribution is -2.25. The zero-order valence-corrected chi connectivity index (χ0v) is 20.7. The fourth-order valence-corrected chi connectivity index (χ4v) is 4.18. The molecule has 33 heavy (non-hydrogen) atoms. The molecular formula is C24H24ClN5O2S. The highest BCUT2D eigenvalue weighted by atomic mass is 35.5. The normalized spacial score (nSPS) is 11.2. The van der Waals surface area contributed by atoms with Gasteiger partial charge in [-0.05, 0) is 39.0 Å². The van der Waals surface area contributed by atoms with Crippen LogP contribution in [0.1, 0.15) is 47.7 Å². The highest BCUT2D eigenvalue weighted by Gasteiger charge is 2.17. The first-order valence-electron chi connectivity index (χ1n) is 10.5. The van der Waals surface area contributed by atoms with Gasteiger partial charge in [0, 0.05) is 23.1 Å². The van der Waals surface area contributed by atoms with Crippen molar-refractivity contribution in [3.8, 4) is 22.8 Å². The van der Waals surface area contributed by atoms with Crippen LogP contribution in [0.3, 0.4) is 0 Å². The van der Waals surface area contributed by atoms with Gasteiger partial charge in [-0.2, -0.15) is 4.98 Å². The molecule has 9 heteroatoms. The number of hydrogen-bond donors (Lipinski definition) is 0. The van der Waals surface area contributed by atoms with E-state index in [4.69, 9.17) is 16.3 Å². The third-order valence-electron chi connectivity index (χ3n) is 5.13. The Morgan fingerprint density at radius 3 is 2.61 bits per heavy atom. The van der Waals surface area contributed by atoms with Gasteiger partial charge >= 0.3 is 0 Å². The molecular weight excluding hydrogens is 458 g/mol. The van der Waals surface area contributed by atoms with Crippen molar-refractivity contribution in [3.63, 3.8) is 0 Å². The van der Waals surface area contributed by atoms with Crippen molar-refractivity contribution < 1.29 is 4.74 Å². The molecule has 4 rings (SSSR count). The van der Waals surface area contributed by atoms with Crippen molar-refractivity contribution in [1.82, 2.24) is 24.5 Å². The highest BCUT2D eigenvalue weighted by molar-refractivity contribution is 7.09. The maximum absolute atomic E-state index is 13.3. The molecule has 0 saturated carbocycles. The van der Waals surface area contributed by atoms with E-state index in [1.807, 2.05) is 44.4 Å². The van der Waals surface area contributed by atoms with Crippen molar-refractivity contribution >= 4 is 22.9 Å². The standard InChI is InChI=1S/C24H24ClN5O2S/c1-13(2)22-26-9-8-20(29-22)17-6-7-19(25)21(10-17)30-15(4)27-23(14(3)24(30)31)32-11-18-12-33-16(5)28-18/h6-10,12-13H,11H2,1-5H3. The van der Waals surface area contributed by atoms with Crippen LogP contribution in [-0.2, 0) is 6.61 Å². The number of benzene rings is 1. The minimum atomic E-state index is -0.239. The summed E-state index contributed by atoms with van der Waals surface area (Å²) in [6.07, 6.45) is 1.74. The monoisotopic (exact) mass is 481 g/mol. The Morgan fingerprint density at radius 1 is 1.12 bits per heavy atom. The molecule has 0 aliphatic carbocycles. The number of halogens is 1. The van der Waals surface area contributed by atoms with Crippen LogP contribution in [0, 0.1) is 20.8 Å². The molecule has 7 nitrogen and oxygen atoms in total. The molecule has 0 fully saturated rings. The number of rotatable bonds is 6. The van der Waals surface area contributed by atoms with Crippen LogP contribution >= 0.6 is 22.9 Å². The Labute approximate surface area is 201 Å². The van der Waals surface area contributed by atoms with Crippen LogP contribution in [-0.4, -0.2) is 24.5 Å². The summed E-state index contributed by atoms with van der Waals surface area (Å²) in [5, 5.41) is 3.33. The van der Waals surface area contributed by atoms with Crippen molar-refractivity contribution in [1.29, 1.82) is 0 Å². The summed E-state index contributed by atoms with van der Waals surface area (Å²) in [6.45, 7) is 9.73. The van der Waals surface area contributed by atoms with Gasteiger partial charge in [0.15, 0.2) is 0 Å². The molecule has 170 valence electrons. The average Bonchev–Trinajstić information content (AvgIpc) is 3.21. The molecule has 0 unspecified atom stereocenters. The van der Waals surface area contributed by atoms with E-state index in [1.165, 1.54) is 4.57 Å². The summed E-state index contributed by atoms with van der Waals surface area (Å²) >= 11 is 8.07. The zero-order chi connectivity index (χ0) is 23.7. The third-order valence-corrected chi connectivity index (χ3v) is 6.27. The highest BCUT2D eigenvalue weighted by Crippen LogP contribution is 2.28. The first-order valence-corrected chi connectivity index (χ1v) is 11.8. The van der Waals surface area contributed by atoms with Crippen LogP contribution < -0.4 is 10.3 Å². The first-order chi connectivity index (χ1) is 15.7. The van der Waals surface area contributed by atoms with Gasteiger partial charge in [-0.1, -0.05) is 31.5 Å². The smallest absolute Gasteiger partial charge is 0.264 e. The fourth-order valence-electron chi connectivity index (χ4n) is 3.38. The second-order valence-electron chi connectivity index (χ2n) is 8.00. The number of thiazole rings is 1. The van der Waals surface area contributed by atoms with E-state index in [2.05, 4.69) is 19.9 Å². The SMILES string of the molecule is Cc1nc(COc2nc(C)n(-c3cc(-c4ccnc(C(C)C)n4)ccc3Cl)c(=O)c2C)cs1. The number of aryl methyl sites for hydroxylation is 2. The summed E-state index contributed by atoms with van der Waals surface area (Å²) in [5.74, 6) is 1.73. The van der Waals surface area contributed by atoms with E-state index < -0.39 is 0 Å². The van der Waals surface area contributed by atoms with Gasteiger partial charge in [0.1, 0.15) is 18.3 Å². The minimum absolute atomic E-state index is 0.203. The lowest BCUT2D eigenvalue weighted by molar-refractivity contribution is 0.285. The van der Waals surface area contributed by atoms with Crippen LogP contribution in [0.5, 0.6) is 5.88 Å². The molecule has 0 saturated heterocycles.